The molecule has 0 bridgehead atoms. The van der Waals surface area contributed by atoms with Crippen molar-refractivity contribution in [2.24, 2.45) is 5.73 Å². The Balaban J connectivity index is 1.69. The van der Waals surface area contributed by atoms with Gasteiger partial charge in [-0.15, -0.1) is 22.0 Å². The van der Waals surface area contributed by atoms with Crippen LogP contribution in [-0.2, 0) is 19.2 Å². The molecule has 0 spiro atoms. The first-order valence-corrected chi connectivity index (χ1v) is 11.3. The van der Waals surface area contributed by atoms with Gasteiger partial charge in [-0.2, -0.15) is 0 Å². The van der Waals surface area contributed by atoms with Crippen LogP contribution in [-0.4, -0.2) is 67.6 Å². The fraction of sp³-hybridized carbons (Fsp3) is 0.263. The average molecular weight is 475 g/mol. The third-order valence-corrected chi connectivity index (χ3v) is 7.03. The number of hydrogen-bond acceptors (Lipinski definition) is 9. The molecule has 1 aromatic heterocycles. The van der Waals surface area contributed by atoms with Gasteiger partial charge in [-0.25, -0.2) is 4.79 Å². The molecule has 1 saturated heterocycles. The number of nitrogens with two attached hydrogens (primary N) is 1. The lowest BCUT2D eigenvalue weighted by Crippen LogP contribution is -2.72. The summed E-state index contributed by atoms with van der Waals surface area (Å²) >= 11 is 2.35. The number of β-lactam (4-membered cyclic amide) rings is 1. The predicted molar refractivity (Wildman–Crippen MR) is 119 cm³/mol. The Hall–Kier alpha value is -3.29. The number of carboxylic acids is 1. The van der Waals surface area contributed by atoms with Crippen molar-refractivity contribution in [2.45, 2.75) is 18.3 Å². The number of thioether (sulfide) groups is 1. The Morgan fingerprint density at radius 3 is 2.62 bits per heavy atom. The summed E-state index contributed by atoms with van der Waals surface area (Å²) in [6.45, 7) is 1.03. The fourth-order valence-corrected chi connectivity index (χ4v) is 5.87. The minimum Gasteiger partial charge on any atom is -0.477 e. The molecule has 1 fully saturated rings. The van der Waals surface area contributed by atoms with Gasteiger partial charge in [0.1, 0.15) is 22.1 Å². The van der Waals surface area contributed by atoms with Gasteiger partial charge in [-0.3, -0.25) is 24.2 Å². The summed E-state index contributed by atoms with van der Waals surface area (Å²) in [7, 11) is 0. The van der Waals surface area contributed by atoms with Gasteiger partial charge in [-0.1, -0.05) is 29.5 Å². The molecule has 3 heterocycles. The van der Waals surface area contributed by atoms with E-state index in [1.165, 1.54) is 28.5 Å². The summed E-state index contributed by atoms with van der Waals surface area (Å²) in [4.78, 5) is 51.6. The molecule has 1 aromatic carbocycles. The van der Waals surface area contributed by atoms with Crippen LogP contribution in [0.2, 0.25) is 0 Å². The maximum atomic E-state index is 13.2. The lowest BCUT2D eigenvalue weighted by Gasteiger charge is -2.52. The first-order chi connectivity index (χ1) is 15.3. The molecule has 0 saturated carbocycles. The zero-order valence-corrected chi connectivity index (χ0v) is 18.4. The topological polar surface area (TPSA) is 159 Å². The SMILES string of the molecule is CC(=O)Nc1nnc(C2=C(C(=O)O)N3C(=O)C(N(C(=O)CN)c4ccccc4)[C@@H]3SC2)s1. The Kier molecular flexibility index (Phi) is 5.95. The zero-order valence-electron chi connectivity index (χ0n) is 16.7. The number of carbonyl (C=O) groups is 4. The largest absolute Gasteiger partial charge is 0.477 e. The number of carbonyl (C=O) groups excluding carboxylic acids is 3. The highest BCUT2D eigenvalue weighted by Crippen LogP contribution is 2.46. The van der Waals surface area contributed by atoms with Crippen molar-refractivity contribution in [3.05, 3.63) is 41.0 Å². The van der Waals surface area contributed by atoms with E-state index in [1.807, 2.05) is 0 Å². The van der Waals surface area contributed by atoms with Crippen LogP contribution in [0.4, 0.5) is 10.8 Å². The molecule has 2 atom stereocenters. The minimum absolute atomic E-state index is 0.200. The van der Waals surface area contributed by atoms with Crippen molar-refractivity contribution in [3.8, 4) is 0 Å². The van der Waals surface area contributed by atoms with Crippen molar-refractivity contribution in [1.82, 2.24) is 15.1 Å². The normalized spacial score (nSPS) is 19.8. The smallest absolute Gasteiger partial charge is 0.353 e. The zero-order chi connectivity index (χ0) is 23.0. The number of anilines is 2. The van der Waals surface area contributed by atoms with Crippen LogP contribution in [0, 0.1) is 0 Å². The highest BCUT2D eigenvalue weighted by atomic mass is 32.2. The maximum absolute atomic E-state index is 13.2. The summed E-state index contributed by atoms with van der Waals surface area (Å²) in [5, 5.41) is 20.2. The molecule has 11 nitrogen and oxygen atoms in total. The molecule has 1 unspecified atom stereocenters. The molecule has 166 valence electrons. The van der Waals surface area contributed by atoms with Crippen LogP contribution in [0.25, 0.3) is 5.57 Å². The first kappa shape index (κ1) is 21.9. The van der Waals surface area contributed by atoms with E-state index in [0.717, 1.165) is 11.3 Å². The van der Waals surface area contributed by atoms with Crippen LogP contribution < -0.4 is 16.0 Å². The van der Waals surface area contributed by atoms with Crippen LogP contribution in [0.3, 0.4) is 0 Å². The van der Waals surface area contributed by atoms with E-state index in [9.17, 15) is 24.3 Å². The van der Waals surface area contributed by atoms with Gasteiger partial charge in [0, 0.05) is 23.9 Å². The third-order valence-electron chi connectivity index (χ3n) is 4.86. The highest BCUT2D eigenvalue weighted by molar-refractivity contribution is 8.00. The Bertz CT molecular complexity index is 1130. The monoisotopic (exact) mass is 474 g/mol. The molecular formula is C19H18N6O5S2. The number of nitrogens with zero attached hydrogens (tertiary/aromatic N) is 4. The number of carboxylic acid groups (broad SMARTS) is 1. The van der Waals surface area contributed by atoms with Gasteiger partial charge in [0.25, 0.3) is 5.91 Å². The Labute approximate surface area is 190 Å². The summed E-state index contributed by atoms with van der Waals surface area (Å²) < 4.78 is 0. The highest BCUT2D eigenvalue weighted by Gasteiger charge is 2.57. The number of nitrogens with one attached hydrogen (secondary N) is 1. The first-order valence-electron chi connectivity index (χ1n) is 9.43. The van der Waals surface area contributed by atoms with Gasteiger partial charge in [-0.05, 0) is 12.1 Å². The van der Waals surface area contributed by atoms with E-state index in [2.05, 4.69) is 15.5 Å². The molecule has 13 heteroatoms. The summed E-state index contributed by atoms with van der Waals surface area (Å²) in [6, 6.07) is 7.78. The molecule has 2 aromatic rings. The predicted octanol–water partition coefficient (Wildman–Crippen LogP) is 0.568. The number of benzene rings is 1. The number of aliphatic carboxylic acids is 1. The van der Waals surface area contributed by atoms with Gasteiger partial charge in [0.2, 0.25) is 16.9 Å². The van der Waals surface area contributed by atoms with E-state index in [0.29, 0.717) is 16.3 Å². The number of fused-ring (bicyclic) bond motifs is 1. The van der Waals surface area contributed by atoms with Crippen LogP contribution in [0.15, 0.2) is 36.0 Å². The van der Waals surface area contributed by atoms with Gasteiger partial charge >= 0.3 is 5.97 Å². The number of rotatable bonds is 6. The van der Waals surface area contributed by atoms with E-state index in [1.54, 1.807) is 30.3 Å². The number of aromatic nitrogens is 2. The number of para-hydroxylation sites is 1. The molecule has 3 amide bonds. The van der Waals surface area contributed by atoms with Crippen LogP contribution >= 0.6 is 23.1 Å². The maximum Gasteiger partial charge on any atom is 0.353 e. The molecule has 32 heavy (non-hydrogen) atoms. The van der Waals surface area contributed by atoms with Crippen LogP contribution in [0.5, 0.6) is 0 Å². The molecule has 2 aliphatic rings. The number of amides is 3. The minimum atomic E-state index is -1.29. The fourth-order valence-electron chi connectivity index (χ4n) is 3.56. The Morgan fingerprint density at radius 1 is 1.28 bits per heavy atom. The Morgan fingerprint density at radius 2 is 2.00 bits per heavy atom. The van der Waals surface area contributed by atoms with E-state index < -0.39 is 29.2 Å². The second-order valence-electron chi connectivity index (χ2n) is 6.88. The molecule has 2 aliphatic heterocycles. The standard InChI is InChI=1S/C19H18N6O5S2/c1-9(26)21-19-23-22-15(32-19)11-8-31-17-14(16(28)25(17)13(11)18(29)30)24(12(27)7-20)10-5-3-2-4-6-10/h2-6,14,17H,7-8,20H2,1H3,(H,29,30)(H,21,23,26)/t14?,17-/m0/s1. The second-order valence-corrected chi connectivity index (χ2v) is 8.97. The second kappa shape index (κ2) is 8.68. The van der Waals surface area contributed by atoms with Gasteiger partial charge < -0.3 is 16.2 Å². The van der Waals surface area contributed by atoms with Crippen molar-refractivity contribution >= 4 is 63.2 Å². The molecule has 4 N–H and O–H groups in total. The van der Waals surface area contributed by atoms with Crippen molar-refractivity contribution in [2.75, 3.05) is 22.5 Å². The van der Waals surface area contributed by atoms with E-state index in [4.69, 9.17) is 5.73 Å². The lowest BCUT2D eigenvalue weighted by molar-refractivity contribution is -0.148. The quantitative estimate of drug-likeness (QED) is 0.509. The van der Waals surface area contributed by atoms with Gasteiger partial charge in [0.05, 0.1) is 6.54 Å². The lowest BCUT2D eigenvalue weighted by atomic mass is 10.00. The van der Waals surface area contributed by atoms with Gasteiger partial charge in [0.15, 0.2) is 0 Å². The number of hydrogen-bond donors (Lipinski definition) is 3. The summed E-state index contributed by atoms with van der Waals surface area (Å²) in [5.74, 6) is -2.34. The van der Waals surface area contributed by atoms with E-state index in [-0.39, 0.29) is 29.0 Å². The molecular weight excluding hydrogens is 456 g/mol. The average Bonchev–Trinajstić information content (AvgIpc) is 3.23. The molecule has 4 rings (SSSR count). The summed E-state index contributed by atoms with van der Waals surface area (Å²) in [6.07, 6.45) is 0. The van der Waals surface area contributed by atoms with Crippen molar-refractivity contribution in [3.63, 3.8) is 0 Å². The summed E-state index contributed by atoms with van der Waals surface area (Å²) in [5.41, 5.74) is 6.22. The van der Waals surface area contributed by atoms with Crippen molar-refractivity contribution < 1.29 is 24.3 Å². The molecule has 0 radical (unpaired) electrons. The van der Waals surface area contributed by atoms with E-state index >= 15 is 0 Å². The molecule has 0 aliphatic carbocycles. The third kappa shape index (κ3) is 3.74. The van der Waals surface area contributed by atoms with Crippen LogP contribution in [0.1, 0.15) is 11.9 Å². The van der Waals surface area contributed by atoms with Crippen molar-refractivity contribution in [1.29, 1.82) is 0 Å².